The quantitative estimate of drug-likeness (QED) is 0.233. The summed E-state index contributed by atoms with van der Waals surface area (Å²) in [5, 5.41) is 10.4. The molecule has 1 spiro atoms. The summed E-state index contributed by atoms with van der Waals surface area (Å²) in [5.74, 6) is -1.40. The van der Waals surface area contributed by atoms with Crippen LogP contribution in [0.15, 0.2) is 12.7 Å². The number of aliphatic hydroxyl groups is 1. The number of hydrogen-bond acceptors (Lipinski definition) is 6. The number of fused-ring (bicyclic) bond motifs is 1. The van der Waals surface area contributed by atoms with Crippen molar-refractivity contribution in [1.82, 2.24) is 9.80 Å². The van der Waals surface area contributed by atoms with Crippen LogP contribution >= 0.6 is 11.8 Å². The molecule has 3 rings (SSSR count). The molecule has 3 saturated heterocycles. The van der Waals surface area contributed by atoms with Crippen molar-refractivity contribution in [3.8, 4) is 0 Å². The zero-order chi connectivity index (χ0) is 25.9. The molecular formula is C27H44N2O5S. The molecule has 0 radical (unpaired) electrons. The standard InChI is InChI=1S/C27H44N2O5S/c1-7-10-11-13-28(12-8-2)25(32)23-27-18(6)15-20(35-27)21(26(33)34-9-3)22(27)24(31)29(23)19(16-30)14-17(4)5/h8,17-23,30H,2,7,9-16H2,1,3-6H3/t18?,19-,20-,21+,22+,23?,27?/m1/s1. The van der Waals surface area contributed by atoms with E-state index in [1.54, 1.807) is 29.7 Å². The number of hydrogen-bond donors (Lipinski definition) is 1. The van der Waals surface area contributed by atoms with Gasteiger partial charge in [0.05, 0.1) is 35.8 Å². The Morgan fingerprint density at radius 2 is 2.06 bits per heavy atom. The van der Waals surface area contributed by atoms with Crippen molar-refractivity contribution < 1.29 is 24.2 Å². The molecule has 3 fully saturated rings. The van der Waals surface area contributed by atoms with Gasteiger partial charge in [-0.3, -0.25) is 14.4 Å². The monoisotopic (exact) mass is 508 g/mol. The van der Waals surface area contributed by atoms with Crippen LogP contribution in [0.25, 0.3) is 0 Å². The van der Waals surface area contributed by atoms with Gasteiger partial charge in [-0.1, -0.05) is 46.6 Å². The molecule has 0 aliphatic carbocycles. The molecular weight excluding hydrogens is 464 g/mol. The number of nitrogens with zero attached hydrogens (tertiary/aromatic N) is 2. The van der Waals surface area contributed by atoms with Crippen LogP contribution < -0.4 is 0 Å². The minimum atomic E-state index is -0.707. The van der Waals surface area contributed by atoms with Crippen LogP contribution in [0.5, 0.6) is 0 Å². The number of thioether (sulfide) groups is 1. The fraction of sp³-hybridized carbons (Fsp3) is 0.815. The molecule has 7 nitrogen and oxygen atoms in total. The highest BCUT2D eigenvalue weighted by atomic mass is 32.2. The fourth-order valence-corrected chi connectivity index (χ4v) is 9.02. The van der Waals surface area contributed by atoms with E-state index in [0.29, 0.717) is 19.5 Å². The maximum Gasteiger partial charge on any atom is 0.310 e. The van der Waals surface area contributed by atoms with Crippen LogP contribution in [0.4, 0.5) is 0 Å². The topological polar surface area (TPSA) is 87.2 Å². The summed E-state index contributed by atoms with van der Waals surface area (Å²) in [6, 6.07) is -1.17. The Bertz CT molecular complexity index is 804. The zero-order valence-electron chi connectivity index (χ0n) is 22.1. The van der Waals surface area contributed by atoms with E-state index in [2.05, 4.69) is 34.3 Å². The first-order valence-corrected chi connectivity index (χ1v) is 14.2. The molecule has 3 heterocycles. The van der Waals surface area contributed by atoms with Gasteiger partial charge >= 0.3 is 5.97 Å². The second-order valence-corrected chi connectivity index (χ2v) is 12.3. The third kappa shape index (κ3) is 4.89. The predicted molar refractivity (Wildman–Crippen MR) is 139 cm³/mol. The maximum absolute atomic E-state index is 14.3. The lowest BCUT2D eigenvalue weighted by atomic mass is 9.66. The highest BCUT2D eigenvalue weighted by Gasteiger charge is 2.77. The summed E-state index contributed by atoms with van der Waals surface area (Å²) in [6.45, 7) is 15.1. The van der Waals surface area contributed by atoms with E-state index in [0.717, 1.165) is 25.7 Å². The smallest absolute Gasteiger partial charge is 0.310 e. The molecule has 7 atom stereocenters. The van der Waals surface area contributed by atoms with E-state index in [9.17, 15) is 19.5 Å². The van der Waals surface area contributed by atoms with Gasteiger partial charge in [0.2, 0.25) is 11.8 Å². The first-order chi connectivity index (χ1) is 16.7. The Kier molecular flexibility index (Phi) is 9.35. The molecule has 2 bridgehead atoms. The van der Waals surface area contributed by atoms with Gasteiger partial charge in [0, 0.05) is 18.3 Å². The number of esters is 1. The van der Waals surface area contributed by atoms with Crippen LogP contribution in [0.3, 0.4) is 0 Å². The van der Waals surface area contributed by atoms with Crippen LogP contribution in [-0.4, -0.2) is 81.1 Å². The van der Waals surface area contributed by atoms with E-state index in [4.69, 9.17) is 4.74 Å². The van der Waals surface area contributed by atoms with Crippen LogP contribution in [0, 0.1) is 23.7 Å². The lowest BCUT2D eigenvalue weighted by Crippen LogP contribution is -2.59. The summed E-state index contributed by atoms with van der Waals surface area (Å²) in [6.07, 6.45) is 6.07. The Hall–Kier alpha value is -1.54. The molecule has 2 amide bonds. The van der Waals surface area contributed by atoms with Gasteiger partial charge in [-0.25, -0.2) is 0 Å². The van der Waals surface area contributed by atoms with Crippen molar-refractivity contribution in [3.63, 3.8) is 0 Å². The van der Waals surface area contributed by atoms with Gasteiger partial charge in [0.25, 0.3) is 0 Å². The molecule has 198 valence electrons. The van der Waals surface area contributed by atoms with Crippen LogP contribution in [0.2, 0.25) is 0 Å². The molecule has 35 heavy (non-hydrogen) atoms. The molecule has 1 N–H and O–H groups in total. The third-order valence-corrected chi connectivity index (χ3v) is 10.1. The fourth-order valence-electron chi connectivity index (χ4n) is 6.63. The molecule has 0 aromatic heterocycles. The number of ether oxygens (including phenoxy) is 1. The highest BCUT2D eigenvalue weighted by Crippen LogP contribution is 2.69. The highest BCUT2D eigenvalue weighted by molar-refractivity contribution is 8.02. The van der Waals surface area contributed by atoms with Crippen LogP contribution in [0.1, 0.15) is 66.7 Å². The number of likely N-dealkylation sites (tertiary alicyclic amines) is 1. The average Bonchev–Trinajstić information content (AvgIpc) is 3.40. The predicted octanol–water partition coefficient (Wildman–Crippen LogP) is 3.50. The summed E-state index contributed by atoms with van der Waals surface area (Å²) >= 11 is 1.66. The van der Waals surface area contributed by atoms with Crippen molar-refractivity contribution in [2.45, 2.75) is 88.8 Å². The molecule has 3 aliphatic heterocycles. The minimum Gasteiger partial charge on any atom is -0.466 e. The molecule has 0 saturated carbocycles. The number of aliphatic hydroxyl groups excluding tert-OH is 1. The maximum atomic E-state index is 14.3. The molecule has 3 aliphatic rings. The number of carbonyl (C=O) groups is 3. The largest absolute Gasteiger partial charge is 0.466 e. The average molecular weight is 509 g/mol. The normalized spacial score (nSPS) is 32.1. The van der Waals surface area contributed by atoms with Gasteiger partial charge in [0.1, 0.15) is 6.04 Å². The summed E-state index contributed by atoms with van der Waals surface area (Å²) in [4.78, 5) is 45.1. The lowest BCUT2D eigenvalue weighted by Gasteiger charge is -2.42. The second-order valence-electron chi connectivity index (χ2n) is 10.8. The first kappa shape index (κ1) is 28.0. The van der Waals surface area contributed by atoms with Gasteiger partial charge in [0.15, 0.2) is 0 Å². The molecule has 0 aromatic rings. The molecule has 0 aromatic carbocycles. The van der Waals surface area contributed by atoms with Crippen molar-refractivity contribution in [2.75, 3.05) is 26.3 Å². The van der Waals surface area contributed by atoms with Gasteiger partial charge in [-0.05, 0) is 38.0 Å². The van der Waals surface area contributed by atoms with E-state index in [1.807, 2.05) is 4.90 Å². The Labute approximate surface area is 215 Å². The van der Waals surface area contributed by atoms with Crippen molar-refractivity contribution in [3.05, 3.63) is 12.7 Å². The SMILES string of the molecule is C=CCN(CCCCC)C(=O)C1N([C@@H](CO)CC(C)C)C(=O)[C@@H]2[C@@H](C(=O)OCC)[C@H]3CC(C)C12S3. The van der Waals surface area contributed by atoms with E-state index in [1.165, 1.54) is 0 Å². The number of unbranched alkanes of at least 4 members (excludes halogenated alkanes) is 2. The van der Waals surface area contributed by atoms with Crippen molar-refractivity contribution in [1.29, 1.82) is 0 Å². The zero-order valence-corrected chi connectivity index (χ0v) is 22.9. The van der Waals surface area contributed by atoms with Gasteiger partial charge < -0.3 is 19.6 Å². The van der Waals surface area contributed by atoms with E-state index < -0.39 is 28.7 Å². The Morgan fingerprint density at radius 1 is 1.34 bits per heavy atom. The van der Waals surface area contributed by atoms with Gasteiger partial charge in [-0.15, -0.1) is 18.3 Å². The number of rotatable bonds is 13. The summed E-state index contributed by atoms with van der Waals surface area (Å²) < 4.78 is 4.73. The summed E-state index contributed by atoms with van der Waals surface area (Å²) in [7, 11) is 0. The number of amides is 2. The lowest BCUT2D eigenvalue weighted by molar-refractivity contribution is -0.154. The Morgan fingerprint density at radius 3 is 2.63 bits per heavy atom. The Balaban J connectivity index is 2.09. The van der Waals surface area contributed by atoms with Crippen LogP contribution in [-0.2, 0) is 19.1 Å². The van der Waals surface area contributed by atoms with Crippen molar-refractivity contribution >= 4 is 29.5 Å². The minimum absolute atomic E-state index is 0.0268. The van der Waals surface area contributed by atoms with Gasteiger partial charge in [-0.2, -0.15) is 0 Å². The van der Waals surface area contributed by atoms with Crippen molar-refractivity contribution in [2.24, 2.45) is 23.7 Å². The van der Waals surface area contributed by atoms with E-state index >= 15 is 0 Å². The number of carbonyl (C=O) groups excluding carboxylic acids is 3. The molecule has 8 heteroatoms. The second kappa shape index (κ2) is 11.7. The summed E-state index contributed by atoms with van der Waals surface area (Å²) in [5.41, 5.74) is 0. The van der Waals surface area contributed by atoms with E-state index in [-0.39, 0.29) is 48.1 Å². The molecule has 3 unspecified atom stereocenters. The third-order valence-electron chi connectivity index (χ3n) is 8.02. The first-order valence-electron chi connectivity index (χ1n) is 13.4.